The number of carboxylic acid groups (broad SMARTS) is 1. The van der Waals surface area contributed by atoms with Gasteiger partial charge in [-0.3, -0.25) is 9.36 Å². The van der Waals surface area contributed by atoms with Gasteiger partial charge in [-0.15, -0.1) is 0 Å². The molecule has 2 rings (SSSR count). The summed E-state index contributed by atoms with van der Waals surface area (Å²) in [4.78, 5) is 35.1. The Labute approximate surface area is 131 Å². The second-order valence-corrected chi connectivity index (χ2v) is 6.04. The Morgan fingerprint density at radius 3 is 2.62 bits per heavy atom. The molecule has 2 aromatic rings. The molecule has 0 fully saturated rings. The number of hydrogen-bond acceptors (Lipinski definition) is 5. The fraction of sp³-hybridized carbons (Fsp3) is 0.167. The molecule has 1 heterocycles. The van der Waals surface area contributed by atoms with E-state index in [0.717, 1.165) is 21.0 Å². The molecule has 0 spiro atoms. The first-order chi connectivity index (χ1) is 9.81. The molecule has 1 aromatic heterocycles. The van der Waals surface area contributed by atoms with Gasteiger partial charge in [-0.05, 0) is 34.1 Å². The largest absolute Gasteiger partial charge is 0.478 e. The SMILES string of the molecule is Cn1nc(Sc2ccc(Br)c(C(=O)O)c2)c(=O)n(C)c1=O. The summed E-state index contributed by atoms with van der Waals surface area (Å²) in [5.41, 5.74) is -0.962. The van der Waals surface area contributed by atoms with Gasteiger partial charge in [-0.25, -0.2) is 14.3 Å². The maximum atomic E-state index is 12.0. The lowest BCUT2D eigenvalue weighted by molar-refractivity contribution is 0.0695. The van der Waals surface area contributed by atoms with Crippen LogP contribution in [0, 0.1) is 0 Å². The van der Waals surface area contributed by atoms with E-state index in [9.17, 15) is 14.4 Å². The van der Waals surface area contributed by atoms with Gasteiger partial charge in [-0.2, -0.15) is 5.10 Å². The van der Waals surface area contributed by atoms with Crippen molar-refractivity contribution in [1.82, 2.24) is 14.3 Å². The minimum Gasteiger partial charge on any atom is -0.478 e. The summed E-state index contributed by atoms with van der Waals surface area (Å²) in [7, 11) is 2.80. The molecule has 9 heteroatoms. The van der Waals surface area contributed by atoms with Crippen molar-refractivity contribution in [1.29, 1.82) is 0 Å². The normalized spacial score (nSPS) is 10.6. The van der Waals surface area contributed by atoms with Crippen LogP contribution in [0.2, 0.25) is 0 Å². The van der Waals surface area contributed by atoms with E-state index in [2.05, 4.69) is 21.0 Å². The van der Waals surface area contributed by atoms with E-state index in [4.69, 9.17) is 5.11 Å². The molecular formula is C12H10BrN3O4S. The number of nitrogens with zero attached hydrogens (tertiary/aromatic N) is 3. The van der Waals surface area contributed by atoms with Gasteiger partial charge >= 0.3 is 11.7 Å². The van der Waals surface area contributed by atoms with Crippen LogP contribution in [0.4, 0.5) is 0 Å². The molecule has 1 aromatic carbocycles. The fourth-order valence-electron chi connectivity index (χ4n) is 1.58. The molecule has 0 aliphatic carbocycles. The molecule has 0 atom stereocenters. The van der Waals surface area contributed by atoms with Gasteiger partial charge in [0.05, 0.1) is 5.56 Å². The zero-order valence-electron chi connectivity index (χ0n) is 11.0. The third-order valence-corrected chi connectivity index (χ3v) is 4.31. The zero-order valence-corrected chi connectivity index (χ0v) is 13.4. The highest BCUT2D eigenvalue weighted by molar-refractivity contribution is 9.10. The number of carboxylic acids is 1. The van der Waals surface area contributed by atoms with Crippen molar-refractivity contribution in [3.05, 3.63) is 49.1 Å². The third kappa shape index (κ3) is 3.08. The van der Waals surface area contributed by atoms with E-state index in [1.807, 2.05) is 0 Å². The van der Waals surface area contributed by atoms with Crippen molar-refractivity contribution < 1.29 is 9.90 Å². The number of carbonyl (C=O) groups is 1. The summed E-state index contributed by atoms with van der Waals surface area (Å²) in [5, 5.41) is 13.1. The van der Waals surface area contributed by atoms with E-state index in [1.54, 1.807) is 12.1 Å². The molecule has 110 valence electrons. The van der Waals surface area contributed by atoms with E-state index in [1.165, 1.54) is 20.2 Å². The molecule has 0 radical (unpaired) electrons. The van der Waals surface area contributed by atoms with Crippen molar-refractivity contribution >= 4 is 33.7 Å². The number of aromatic nitrogens is 3. The molecular weight excluding hydrogens is 362 g/mol. The smallest absolute Gasteiger partial charge is 0.346 e. The summed E-state index contributed by atoms with van der Waals surface area (Å²) in [6.45, 7) is 0. The molecule has 0 aliphatic rings. The van der Waals surface area contributed by atoms with Crippen molar-refractivity contribution in [3.63, 3.8) is 0 Å². The van der Waals surface area contributed by atoms with Crippen molar-refractivity contribution in [2.75, 3.05) is 0 Å². The number of benzene rings is 1. The van der Waals surface area contributed by atoms with Crippen molar-refractivity contribution in [3.8, 4) is 0 Å². The van der Waals surface area contributed by atoms with Gasteiger partial charge in [0.15, 0.2) is 5.03 Å². The van der Waals surface area contributed by atoms with Crippen LogP contribution in [0.3, 0.4) is 0 Å². The van der Waals surface area contributed by atoms with Gasteiger partial charge < -0.3 is 5.11 Å². The number of rotatable bonds is 3. The van der Waals surface area contributed by atoms with Crippen LogP contribution >= 0.6 is 27.7 Å². The van der Waals surface area contributed by atoms with Crippen LogP contribution in [-0.4, -0.2) is 25.4 Å². The second kappa shape index (κ2) is 5.86. The first-order valence-corrected chi connectivity index (χ1v) is 7.27. The summed E-state index contributed by atoms with van der Waals surface area (Å²) in [6, 6.07) is 4.68. The predicted molar refractivity (Wildman–Crippen MR) is 79.9 cm³/mol. The first-order valence-electron chi connectivity index (χ1n) is 5.66. The monoisotopic (exact) mass is 371 g/mol. The van der Waals surface area contributed by atoms with E-state index in [0.29, 0.717) is 9.37 Å². The van der Waals surface area contributed by atoms with E-state index in [-0.39, 0.29) is 10.6 Å². The maximum Gasteiger partial charge on any atom is 0.346 e. The molecule has 21 heavy (non-hydrogen) atoms. The number of aromatic carboxylic acids is 1. The highest BCUT2D eigenvalue weighted by Gasteiger charge is 2.13. The highest BCUT2D eigenvalue weighted by Crippen LogP contribution is 2.27. The van der Waals surface area contributed by atoms with Crippen LogP contribution in [0.5, 0.6) is 0 Å². The van der Waals surface area contributed by atoms with Gasteiger partial charge in [0.2, 0.25) is 0 Å². The lowest BCUT2D eigenvalue weighted by Gasteiger charge is -2.06. The molecule has 1 N–H and O–H groups in total. The summed E-state index contributed by atoms with van der Waals surface area (Å²) in [5.74, 6) is -1.08. The number of aryl methyl sites for hydroxylation is 1. The topological polar surface area (TPSA) is 94.2 Å². The first kappa shape index (κ1) is 15.5. The maximum absolute atomic E-state index is 12.0. The average molecular weight is 372 g/mol. The Morgan fingerprint density at radius 1 is 1.33 bits per heavy atom. The quantitative estimate of drug-likeness (QED) is 0.867. The molecule has 7 nitrogen and oxygen atoms in total. The second-order valence-electron chi connectivity index (χ2n) is 4.12. The lowest BCUT2D eigenvalue weighted by Crippen LogP contribution is -2.39. The Balaban J connectivity index is 2.49. The lowest BCUT2D eigenvalue weighted by atomic mass is 10.2. The minimum absolute atomic E-state index is 0.0849. The van der Waals surface area contributed by atoms with Crippen molar-refractivity contribution in [2.45, 2.75) is 9.92 Å². The molecule has 0 bridgehead atoms. The van der Waals surface area contributed by atoms with Crippen molar-refractivity contribution in [2.24, 2.45) is 14.1 Å². The Kier molecular flexibility index (Phi) is 4.33. The predicted octanol–water partition coefficient (Wildman–Crippen LogP) is 1.09. The standard InChI is InChI=1S/C12H10BrN3O4S/c1-15-10(17)9(14-16(2)12(15)20)21-6-3-4-8(13)7(5-6)11(18)19/h3-5H,1-2H3,(H,18,19). The van der Waals surface area contributed by atoms with Gasteiger partial charge in [0.1, 0.15) is 0 Å². The van der Waals surface area contributed by atoms with E-state index < -0.39 is 17.2 Å². The average Bonchev–Trinajstić information content (AvgIpc) is 2.44. The minimum atomic E-state index is -1.08. The third-order valence-electron chi connectivity index (χ3n) is 2.67. The molecule has 0 saturated carbocycles. The van der Waals surface area contributed by atoms with Crippen LogP contribution in [0.1, 0.15) is 10.4 Å². The Bertz CT molecular complexity index is 843. The fourth-order valence-corrected chi connectivity index (χ4v) is 2.92. The van der Waals surface area contributed by atoms with Crippen LogP contribution < -0.4 is 11.2 Å². The number of hydrogen-bond donors (Lipinski definition) is 1. The Morgan fingerprint density at radius 2 is 2.00 bits per heavy atom. The van der Waals surface area contributed by atoms with E-state index >= 15 is 0 Å². The van der Waals surface area contributed by atoms with Crippen LogP contribution in [-0.2, 0) is 14.1 Å². The zero-order chi connectivity index (χ0) is 15.7. The highest BCUT2D eigenvalue weighted by atomic mass is 79.9. The number of halogens is 1. The van der Waals surface area contributed by atoms with Crippen LogP contribution in [0.25, 0.3) is 0 Å². The van der Waals surface area contributed by atoms with Gasteiger partial charge in [0.25, 0.3) is 5.56 Å². The summed E-state index contributed by atoms with van der Waals surface area (Å²) >= 11 is 4.15. The molecule has 0 aliphatic heterocycles. The summed E-state index contributed by atoms with van der Waals surface area (Å²) in [6.07, 6.45) is 0. The summed E-state index contributed by atoms with van der Waals surface area (Å²) < 4.78 is 2.45. The van der Waals surface area contributed by atoms with Gasteiger partial charge in [0, 0.05) is 23.5 Å². The molecule has 0 saturated heterocycles. The molecule has 0 amide bonds. The van der Waals surface area contributed by atoms with Gasteiger partial charge in [-0.1, -0.05) is 11.8 Å². The Hall–Kier alpha value is -1.87. The molecule has 0 unspecified atom stereocenters. The van der Waals surface area contributed by atoms with Crippen LogP contribution in [0.15, 0.2) is 42.2 Å².